The molecule has 3 atom stereocenters. The Morgan fingerprint density at radius 2 is 1.94 bits per heavy atom. The Balaban J connectivity index is 1.38. The molecule has 0 radical (unpaired) electrons. The number of ketones is 1. The highest BCUT2D eigenvalue weighted by molar-refractivity contribution is 5.86. The van der Waals surface area contributed by atoms with Crippen molar-refractivity contribution in [3.8, 4) is 0 Å². The van der Waals surface area contributed by atoms with E-state index in [0.29, 0.717) is 44.9 Å². The van der Waals surface area contributed by atoms with Gasteiger partial charge in [-0.2, -0.15) is 18.2 Å². The summed E-state index contributed by atoms with van der Waals surface area (Å²) >= 11 is 0. The fourth-order valence-corrected chi connectivity index (χ4v) is 5.70. The van der Waals surface area contributed by atoms with Crippen molar-refractivity contribution in [2.24, 2.45) is 5.92 Å². The molecule has 1 unspecified atom stereocenters. The third-order valence-corrected chi connectivity index (χ3v) is 7.61. The van der Waals surface area contributed by atoms with Crippen molar-refractivity contribution in [3.05, 3.63) is 16.4 Å². The topological polar surface area (TPSA) is 97.2 Å². The number of piperidine rings is 1. The summed E-state index contributed by atoms with van der Waals surface area (Å²) in [6, 6.07) is -0.517. The minimum absolute atomic E-state index is 0.0247. The molecule has 5 rings (SSSR count). The lowest BCUT2D eigenvalue weighted by atomic mass is 9.92. The molecule has 0 saturated carbocycles. The number of anilines is 2. The number of fused-ring (bicyclic) bond motifs is 3. The van der Waals surface area contributed by atoms with Crippen LogP contribution in [0.25, 0.3) is 0 Å². The molecule has 3 fully saturated rings. The van der Waals surface area contributed by atoms with Gasteiger partial charge in [-0.15, -0.1) is 0 Å². The fraction of sp³-hybridized carbons (Fsp3) is 0.739. The number of carbonyl (C=O) groups excluding carboxylic acids is 2. The van der Waals surface area contributed by atoms with E-state index in [4.69, 9.17) is 9.47 Å². The molecule has 5 heterocycles. The molecule has 36 heavy (non-hydrogen) atoms. The van der Waals surface area contributed by atoms with E-state index in [0.717, 1.165) is 11.3 Å². The normalized spacial score (nSPS) is 26.3. The largest absolute Gasteiger partial charge is 0.450 e. The number of alkyl halides is 3. The first-order valence-corrected chi connectivity index (χ1v) is 12.4. The Kier molecular flexibility index (Phi) is 6.60. The number of rotatable bonds is 5. The second-order valence-electron chi connectivity index (χ2n) is 9.80. The molecule has 0 aliphatic carbocycles. The van der Waals surface area contributed by atoms with Gasteiger partial charge in [0, 0.05) is 38.2 Å². The maximum absolute atomic E-state index is 14.1. The maximum Gasteiger partial charge on any atom is 0.409 e. The van der Waals surface area contributed by atoms with Crippen LogP contribution in [0.15, 0.2) is 10.9 Å². The molecule has 4 aliphatic rings. The molecule has 0 spiro atoms. The first-order chi connectivity index (χ1) is 17.2. The molecule has 3 saturated heterocycles. The van der Waals surface area contributed by atoms with Crippen molar-refractivity contribution in [2.45, 2.75) is 63.5 Å². The summed E-state index contributed by atoms with van der Waals surface area (Å²) in [5.41, 5.74) is -0.431. The highest BCUT2D eigenvalue weighted by Crippen LogP contribution is 2.36. The first-order valence-electron chi connectivity index (χ1n) is 12.4. The van der Waals surface area contributed by atoms with Crippen LogP contribution in [-0.2, 0) is 20.8 Å². The predicted molar refractivity (Wildman–Crippen MR) is 122 cm³/mol. The molecule has 10 nitrogen and oxygen atoms in total. The number of amides is 1. The van der Waals surface area contributed by atoms with Crippen LogP contribution in [0.3, 0.4) is 0 Å². The van der Waals surface area contributed by atoms with Crippen LogP contribution in [-0.4, -0.2) is 90.1 Å². The smallest absolute Gasteiger partial charge is 0.409 e. The Morgan fingerprint density at radius 1 is 1.19 bits per heavy atom. The SMILES string of the molecule is CCOC(=O)N1CCC(C(=O)CN2c3nc(N4C[C@@H]5C[C@H]4CO5)cc(=O)n3CCC2C(F)(F)F)CC1. The lowest BCUT2D eigenvalue weighted by Crippen LogP contribution is -2.55. The van der Waals surface area contributed by atoms with Crippen molar-refractivity contribution < 1.29 is 32.2 Å². The van der Waals surface area contributed by atoms with Gasteiger partial charge in [0.05, 0.1) is 31.9 Å². The number of morpholine rings is 1. The summed E-state index contributed by atoms with van der Waals surface area (Å²) in [6.07, 6.45) is -3.88. The van der Waals surface area contributed by atoms with Crippen LogP contribution < -0.4 is 15.4 Å². The highest BCUT2D eigenvalue weighted by atomic mass is 19.4. The van der Waals surface area contributed by atoms with Crippen LogP contribution in [0.4, 0.5) is 29.7 Å². The minimum atomic E-state index is -4.59. The van der Waals surface area contributed by atoms with Crippen LogP contribution in [0.2, 0.25) is 0 Å². The molecule has 13 heteroatoms. The van der Waals surface area contributed by atoms with Gasteiger partial charge in [-0.25, -0.2) is 4.79 Å². The average Bonchev–Trinajstić information content (AvgIpc) is 3.48. The number of likely N-dealkylation sites (tertiary alicyclic amines) is 1. The van der Waals surface area contributed by atoms with Gasteiger partial charge in [-0.3, -0.25) is 14.2 Å². The molecule has 198 valence electrons. The van der Waals surface area contributed by atoms with Gasteiger partial charge in [0.25, 0.3) is 5.56 Å². The quantitative estimate of drug-likeness (QED) is 0.588. The number of ether oxygens (including phenoxy) is 2. The van der Waals surface area contributed by atoms with E-state index in [9.17, 15) is 27.6 Å². The third kappa shape index (κ3) is 4.64. The summed E-state index contributed by atoms with van der Waals surface area (Å²) in [7, 11) is 0. The number of hydrogen-bond acceptors (Lipinski definition) is 8. The van der Waals surface area contributed by atoms with Crippen molar-refractivity contribution in [3.63, 3.8) is 0 Å². The second-order valence-corrected chi connectivity index (χ2v) is 9.80. The van der Waals surface area contributed by atoms with Gasteiger partial charge in [-0.1, -0.05) is 0 Å². The molecule has 1 amide bonds. The Hall–Kier alpha value is -2.83. The van der Waals surface area contributed by atoms with Gasteiger partial charge in [0.1, 0.15) is 11.9 Å². The van der Waals surface area contributed by atoms with Gasteiger partial charge in [0.15, 0.2) is 5.78 Å². The molecule has 2 bridgehead atoms. The summed E-state index contributed by atoms with van der Waals surface area (Å²) in [6.45, 7) is 2.94. The molecule has 1 aromatic rings. The number of halogens is 3. The highest BCUT2D eigenvalue weighted by Gasteiger charge is 2.48. The van der Waals surface area contributed by atoms with Gasteiger partial charge >= 0.3 is 12.3 Å². The van der Waals surface area contributed by atoms with Gasteiger partial charge in [-0.05, 0) is 32.6 Å². The predicted octanol–water partition coefficient (Wildman–Crippen LogP) is 1.80. The van der Waals surface area contributed by atoms with E-state index in [1.54, 1.807) is 6.92 Å². The van der Waals surface area contributed by atoms with Crippen LogP contribution in [0.5, 0.6) is 0 Å². The zero-order valence-electron chi connectivity index (χ0n) is 20.1. The Labute approximate surface area is 205 Å². The molecular formula is C23H30F3N5O5. The Bertz CT molecular complexity index is 1070. The van der Waals surface area contributed by atoms with E-state index in [-0.39, 0.29) is 43.4 Å². The number of Topliss-reactive ketones (excluding diaryl/α,β-unsaturated/α-hetero) is 1. The van der Waals surface area contributed by atoms with Crippen molar-refractivity contribution in [2.75, 3.05) is 49.2 Å². The maximum atomic E-state index is 14.1. The van der Waals surface area contributed by atoms with Crippen molar-refractivity contribution in [1.29, 1.82) is 0 Å². The van der Waals surface area contributed by atoms with E-state index >= 15 is 0 Å². The third-order valence-electron chi connectivity index (χ3n) is 7.61. The lowest BCUT2D eigenvalue weighted by Gasteiger charge is -2.40. The van der Waals surface area contributed by atoms with Crippen LogP contribution >= 0.6 is 0 Å². The lowest BCUT2D eigenvalue weighted by molar-refractivity contribution is -0.153. The molecule has 4 aliphatic heterocycles. The van der Waals surface area contributed by atoms with Crippen molar-refractivity contribution >= 4 is 23.6 Å². The summed E-state index contributed by atoms with van der Waals surface area (Å²) in [4.78, 5) is 46.9. The monoisotopic (exact) mass is 513 g/mol. The van der Waals surface area contributed by atoms with Crippen molar-refractivity contribution in [1.82, 2.24) is 14.5 Å². The van der Waals surface area contributed by atoms with Crippen LogP contribution in [0.1, 0.15) is 32.6 Å². The average molecular weight is 514 g/mol. The zero-order valence-corrected chi connectivity index (χ0v) is 20.1. The number of hydrogen-bond donors (Lipinski definition) is 0. The summed E-state index contributed by atoms with van der Waals surface area (Å²) in [5, 5.41) is 0. The van der Waals surface area contributed by atoms with E-state index in [1.165, 1.54) is 15.5 Å². The molecule has 0 N–H and O–H groups in total. The number of carbonyl (C=O) groups is 2. The molecule has 1 aromatic heterocycles. The minimum Gasteiger partial charge on any atom is -0.450 e. The standard InChI is InChI=1S/C23H30F3N5O5/c1-2-35-22(34)28-6-3-14(4-7-28)17(32)12-31-18(23(24,25)26)5-8-29-20(33)10-19(27-21(29)31)30-11-16-9-15(30)13-36-16/h10,14-16,18H,2-9,11-13H2,1H3/t15-,16-,18?/m0/s1. The van der Waals surface area contributed by atoms with Crippen LogP contribution in [0, 0.1) is 5.92 Å². The van der Waals surface area contributed by atoms with E-state index in [2.05, 4.69) is 4.98 Å². The van der Waals surface area contributed by atoms with Gasteiger partial charge < -0.3 is 24.2 Å². The second kappa shape index (κ2) is 9.56. The van der Waals surface area contributed by atoms with E-state index < -0.39 is 36.3 Å². The number of nitrogens with zero attached hydrogens (tertiary/aromatic N) is 5. The van der Waals surface area contributed by atoms with Gasteiger partial charge in [0.2, 0.25) is 5.95 Å². The fourth-order valence-electron chi connectivity index (χ4n) is 5.70. The summed E-state index contributed by atoms with van der Waals surface area (Å²) < 4.78 is 54.0. The Morgan fingerprint density at radius 3 is 2.56 bits per heavy atom. The van der Waals surface area contributed by atoms with E-state index in [1.807, 2.05) is 4.90 Å². The summed E-state index contributed by atoms with van der Waals surface area (Å²) in [5.74, 6) is -0.632. The first kappa shape index (κ1) is 24.8. The molecule has 0 aromatic carbocycles. The molecular weight excluding hydrogens is 483 g/mol. The number of aromatic nitrogens is 2. The zero-order chi connectivity index (χ0) is 25.6.